The van der Waals surface area contributed by atoms with Crippen molar-refractivity contribution < 1.29 is 0 Å². The lowest BCUT2D eigenvalue weighted by Gasteiger charge is -2.22. The average Bonchev–Trinajstić information content (AvgIpc) is 2.57. The molecule has 0 saturated heterocycles. The summed E-state index contributed by atoms with van der Waals surface area (Å²) in [5.74, 6) is 0.840. The van der Waals surface area contributed by atoms with Gasteiger partial charge in [0.25, 0.3) is 0 Å². The molecule has 2 aromatic rings. The molecular formula is C10H14ClN5. The number of hydrogen-bond acceptors (Lipinski definition) is 4. The summed E-state index contributed by atoms with van der Waals surface area (Å²) in [6.45, 7) is 4.21. The summed E-state index contributed by atoms with van der Waals surface area (Å²) in [6, 6.07) is 0.363. The van der Waals surface area contributed by atoms with Gasteiger partial charge in [-0.2, -0.15) is 0 Å². The van der Waals surface area contributed by atoms with Gasteiger partial charge in [0.1, 0.15) is 11.8 Å². The second-order valence-corrected chi connectivity index (χ2v) is 4.37. The van der Waals surface area contributed by atoms with E-state index in [2.05, 4.69) is 33.7 Å². The lowest BCUT2D eigenvalue weighted by atomic mass is 10.4. The summed E-state index contributed by atoms with van der Waals surface area (Å²) < 4.78 is 1.92. The summed E-state index contributed by atoms with van der Waals surface area (Å²) in [7, 11) is 3.92. The van der Waals surface area contributed by atoms with E-state index in [-0.39, 0.29) is 0 Å². The third-order valence-corrected chi connectivity index (χ3v) is 2.95. The van der Waals surface area contributed by atoms with Gasteiger partial charge in [0.2, 0.25) is 5.95 Å². The molecular weight excluding hydrogens is 226 g/mol. The molecule has 0 radical (unpaired) electrons. The Morgan fingerprint density at radius 2 is 2.06 bits per heavy atom. The number of anilines is 1. The molecule has 86 valence electrons. The topological polar surface area (TPSA) is 46.8 Å². The van der Waals surface area contributed by atoms with E-state index in [1.54, 1.807) is 0 Å². The molecule has 5 nitrogen and oxygen atoms in total. The normalized spacial score (nSPS) is 11.4. The fourth-order valence-corrected chi connectivity index (χ4v) is 1.68. The van der Waals surface area contributed by atoms with Crippen molar-refractivity contribution in [3.05, 3.63) is 11.5 Å². The highest BCUT2D eigenvalue weighted by molar-refractivity contribution is 6.33. The molecule has 0 amide bonds. The van der Waals surface area contributed by atoms with Gasteiger partial charge >= 0.3 is 0 Å². The predicted molar refractivity (Wildman–Crippen MR) is 64.9 cm³/mol. The van der Waals surface area contributed by atoms with Crippen LogP contribution in [0.5, 0.6) is 0 Å². The number of fused-ring (bicyclic) bond motifs is 1. The molecule has 0 aliphatic heterocycles. The molecule has 0 aliphatic carbocycles. The summed E-state index contributed by atoms with van der Waals surface area (Å²) >= 11 is 5.98. The molecule has 0 aromatic carbocycles. The molecule has 0 bridgehead atoms. The zero-order chi connectivity index (χ0) is 11.9. The Morgan fingerprint density at radius 1 is 1.38 bits per heavy atom. The highest BCUT2D eigenvalue weighted by atomic mass is 35.5. The molecule has 0 unspecified atom stereocenters. The molecule has 2 aromatic heterocycles. The maximum atomic E-state index is 5.98. The number of nitrogens with zero attached hydrogens (tertiary/aromatic N) is 5. The lowest BCUT2D eigenvalue weighted by molar-refractivity contribution is 0.710. The van der Waals surface area contributed by atoms with Gasteiger partial charge in [-0.05, 0) is 13.8 Å². The van der Waals surface area contributed by atoms with Crippen LogP contribution < -0.4 is 4.90 Å². The van der Waals surface area contributed by atoms with Gasteiger partial charge in [-0.1, -0.05) is 11.6 Å². The van der Waals surface area contributed by atoms with Crippen molar-refractivity contribution in [2.24, 2.45) is 7.05 Å². The summed E-state index contributed by atoms with van der Waals surface area (Å²) in [6.07, 6.45) is 1.45. The number of hydrogen-bond donors (Lipinski definition) is 0. The van der Waals surface area contributed by atoms with Crippen molar-refractivity contribution in [1.82, 2.24) is 19.5 Å². The molecule has 16 heavy (non-hydrogen) atoms. The highest BCUT2D eigenvalue weighted by Crippen LogP contribution is 2.23. The van der Waals surface area contributed by atoms with Gasteiger partial charge in [0.15, 0.2) is 10.8 Å². The van der Waals surface area contributed by atoms with Gasteiger partial charge < -0.3 is 4.90 Å². The van der Waals surface area contributed by atoms with Crippen LogP contribution in [0.1, 0.15) is 13.8 Å². The first-order valence-electron chi connectivity index (χ1n) is 5.08. The van der Waals surface area contributed by atoms with Gasteiger partial charge in [-0.3, -0.25) is 4.57 Å². The van der Waals surface area contributed by atoms with Crippen LogP contribution in [0.25, 0.3) is 11.2 Å². The van der Waals surface area contributed by atoms with Crippen molar-refractivity contribution in [3.8, 4) is 0 Å². The van der Waals surface area contributed by atoms with Crippen LogP contribution >= 0.6 is 11.6 Å². The van der Waals surface area contributed by atoms with Crippen molar-refractivity contribution in [2.45, 2.75) is 19.9 Å². The fourth-order valence-electron chi connectivity index (χ4n) is 1.51. The van der Waals surface area contributed by atoms with Gasteiger partial charge in [-0.25, -0.2) is 15.0 Å². The third kappa shape index (κ3) is 1.61. The molecule has 0 aliphatic rings. The van der Waals surface area contributed by atoms with E-state index < -0.39 is 0 Å². The zero-order valence-electron chi connectivity index (χ0n) is 9.77. The Labute approximate surface area is 99.1 Å². The number of rotatable bonds is 2. The smallest absolute Gasteiger partial charge is 0.207 e. The van der Waals surface area contributed by atoms with Crippen LogP contribution in [0.2, 0.25) is 5.15 Å². The second kappa shape index (κ2) is 3.90. The number of halogens is 1. The van der Waals surface area contributed by atoms with Crippen LogP contribution in [-0.2, 0) is 7.05 Å². The van der Waals surface area contributed by atoms with Gasteiger partial charge in [0.05, 0.1) is 0 Å². The van der Waals surface area contributed by atoms with E-state index in [0.29, 0.717) is 16.7 Å². The standard InChI is InChI=1S/C10H14ClN5/c1-6(2)15(3)10-14-7-8(11)12-5-13-9(7)16(10)4/h5-6H,1-4H3. The Balaban J connectivity index is 2.65. The number of imidazole rings is 1. The van der Waals surface area contributed by atoms with E-state index in [1.807, 2.05) is 18.7 Å². The first-order chi connectivity index (χ1) is 7.52. The minimum atomic E-state index is 0.363. The van der Waals surface area contributed by atoms with E-state index in [0.717, 1.165) is 11.6 Å². The highest BCUT2D eigenvalue weighted by Gasteiger charge is 2.16. The molecule has 0 atom stereocenters. The quantitative estimate of drug-likeness (QED) is 0.751. The Bertz CT molecular complexity index is 519. The van der Waals surface area contributed by atoms with E-state index >= 15 is 0 Å². The minimum Gasteiger partial charge on any atom is -0.343 e. The van der Waals surface area contributed by atoms with Crippen molar-refractivity contribution >= 4 is 28.7 Å². The summed E-state index contributed by atoms with van der Waals surface area (Å²) in [5, 5.41) is 0.393. The minimum absolute atomic E-state index is 0.363. The fraction of sp³-hybridized carbons (Fsp3) is 0.500. The molecule has 2 heterocycles. The monoisotopic (exact) mass is 239 g/mol. The number of aromatic nitrogens is 4. The first kappa shape index (κ1) is 11.1. The molecule has 0 spiro atoms. The van der Waals surface area contributed by atoms with Crippen molar-refractivity contribution in [1.29, 1.82) is 0 Å². The maximum Gasteiger partial charge on any atom is 0.207 e. The molecule has 0 saturated carbocycles. The maximum absolute atomic E-state index is 5.98. The average molecular weight is 240 g/mol. The Hall–Kier alpha value is -1.36. The zero-order valence-corrected chi connectivity index (χ0v) is 10.5. The Morgan fingerprint density at radius 3 is 2.62 bits per heavy atom. The Kier molecular flexibility index (Phi) is 2.71. The largest absolute Gasteiger partial charge is 0.343 e. The first-order valence-corrected chi connectivity index (χ1v) is 5.46. The van der Waals surface area contributed by atoms with E-state index in [1.165, 1.54) is 6.33 Å². The van der Waals surface area contributed by atoms with Gasteiger partial charge in [-0.15, -0.1) is 0 Å². The molecule has 2 rings (SSSR count). The van der Waals surface area contributed by atoms with Crippen LogP contribution in [0.4, 0.5) is 5.95 Å². The SMILES string of the molecule is CC(C)N(C)c1nc2c(Cl)ncnc2n1C. The molecule has 6 heteroatoms. The van der Waals surface area contributed by atoms with Crippen LogP contribution in [-0.4, -0.2) is 32.6 Å². The summed E-state index contributed by atoms with van der Waals surface area (Å²) in [5.41, 5.74) is 1.40. The van der Waals surface area contributed by atoms with Crippen LogP contribution in [0, 0.1) is 0 Å². The lowest BCUT2D eigenvalue weighted by Crippen LogP contribution is -2.28. The molecule has 0 fully saturated rings. The van der Waals surface area contributed by atoms with Crippen LogP contribution in [0.3, 0.4) is 0 Å². The molecule has 0 N–H and O–H groups in total. The van der Waals surface area contributed by atoms with Crippen molar-refractivity contribution in [2.75, 3.05) is 11.9 Å². The third-order valence-electron chi connectivity index (χ3n) is 2.68. The predicted octanol–water partition coefficient (Wildman–Crippen LogP) is 1.86. The number of aryl methyl sites for hydroxylation is 1. The van der Waals surface area contributed by atoms with Gasteiger partial charge in [0, 0.05) is 20.1 Å². The van der Waals surface area contributed by atoms with E-state index in [9.17, 15) is 0 Å². The second-order valence-electron chi connectivity index (χ2n) is 4.01. The summed E-state index contributed by atoms with van der Waals surface area (Å²) in [4.78, 5) is 14.6. The van der Waals surface area contributed by atoms with E-state index in [4.69, 9.17) is 11.6 Å². The van der Waals surface area contributed by atoms with Crippen LogP contribution in [0.15, 0.2) is 6.33 Å². The van der Waals surface area contributed by atoms with Crippen molar-refractivity contribution in [3.63, 3.8) is 0 Å².